The van der Waals surface area contributed by atoms with Crippen molar-refractivity contribution in [1.82, 2.24) is 24.6 Å². The average Bonchev–Trinajstić information content (AvgIpc) is 3.40. The molecule has 3 aromatic rings. The molecule has 0 aromatic carbocycles. The smallest absolute Gasteiger partial charge is 0.389 e. The van der Waals surface area contributed by atoms with Gasteiger partial charge in [0.1, 0.15) is 17.1 Å². The quantitative estimate of drug-likeness (QED) is 0.167. The van der Waals surface area contributed by atoms with Gasteiger partial charge in [0.05, 0.1) is 18.8 Å². The Balaban J connectivity index is 1.91. The number of hydrogen-bond acceptors (Lipinski definition) is 4. The molecule has 10 heteroatoms. The van der Waals surface area contributed by atoms with Crippen LogP contribution in [0.15, 0.2) is 62.1 Å². The summed E-state index contributed by atoms with van der Waals surface area (Å²) in [5.41, 5.74) is 4.05. The second kappa shape index (κ2) is 14.0. The van der Waals surface area contributed by atoms with Crippen LogP contribution in [-0.2, 0) is 6.42 Å². The minimum Gasteiger partial charge on any atom is -0.494 e. The maximum absolute atomic E-state index is 13.2. The predicted octanol–water partition coefficient (Wildman–Crippen LogP) is 7.29. The molecule has 216 valence electrons. The third-order valence-electron chi connectivity index (χ3n) is 6.84. The van der Waals surface area contributed by atoms with Crippen LogP contribution in [-0.4, -0.2) is 51.2 Å². The molecule has 7 nitrogen and oxygen atoms in total. The fraction of sp³-hybridized carbons (Fsp3) is 0.433. The van der Waals surface area contributed by atoms with Crippen LogP contribution in [0, 0.1) is 0 Å². The molecule has 0 unspecified atom stereocenters. The lowest BCUT2D eigenvalue weighted by molar-refractivity contribution is -0.136. The minimum absolute atomic E-state index is 0.218. The highest BCUT2D eigenvalue weighted by Crippen LogP contribution is 2.32. The van der Waals surface area contributed by atoms with Crippen molar-refractivity contribution in [1.29, 1.82) is 0 Å². The molecule has 3 rings (SSSR count). The zero-order valence-electron chi connectivity index (χ0n) is 23.4. The molecule has 0 radical (unpaired) electrons. The van der Waals surface area contributed by atoms with E-state index in [1.807, 2.05) is 42.8 Å². The van der Waals surface area contributed by atoms with Crippen molar-refractivity contribution in [2.75, 3.05) is 13.7 Å². The van der Waals surface area contributed by atoms with Gasteiger partial charge in [0, 0.05) is 43.2 Å². The molecule has 0 aliphatic rings. The van der Waals surface area contributed by atoms with E-state index in [0.717, 1.165) is 36.0 Å². The molecule has 3 aromatic heterocycles. The Hall–Kier alpha value is -3.82. The van der Waals surface area contributed by atoms with Crippen molar-refractivity contribution in [2.24, 2.45) is 0 Å². The molecule has 0 saturated carbocycles. The second-order valence-electron chi connectivity index (χ2n) is 9.67. The summed E-state index contributed by atoms with van der Waals surface area (Å²) in [4.78, 5) is 24.2. The molecule has 40 heavy (non-hydrogen) atoms. The van der Waals surface area contributed by atoms with Crippen LogP contribution in [0.1, 0.15) is 63.3 Å². The van der Waals surface area contributed by atoms with Gasteiger partial charge in [-0.15, -0.1) is 13.2 Å². The van der Waals surface area contributed by atoms with E-state index in [9.17, 15) is 18.0 Å². The van der Waals surface area contributed by atoms with Crippen LogP contribution < -0.4 is 10.1 Å². The monoisotopic (exact) mass is 557 g/mol. The van der Waals surface area contributed by atoms with Gasteiger partial charge >= 0.3 is 12.2 Å². The molecule has 2 atom stereocenters. The number of carbonyl (C=O) groups is 1. The number of alkyl halides is 3. The van der Waals surface area contributed by atoms with Crippen LogP contribution in [0.25, 0.3) is 16.9 Å². The number of aromatic nitrogens is 3. The Labute approximate surface area is 233 Å². The summed E-state index contributed by atoms with van der Waals surface area (Å²) in [7, 11) is 1.58. The summed E-state index contributed by atoms with van der Waals surface area (Å²) in [6.45, 7) is 11.4. The van der Waals surface area contributed by atoms with E-state index in [-0.39, 0.29) is 12.8 Å². The number of imidazole rings is 1. The number of amides is 2. The predicted molar refractivity (Wildman–Crippen MR) is 151 cm³/mol. The number of ether oxygens (including phenoxy) is 1. The number of hydrogen-bond donors (Lipinski definition) is 1. The number of allylic oxidation sites excluding steroid dienone is 1. The van der Waals surface area contributed by atoms with Crippen LogP contribution in [0.2, 0.25) is 0 Å². The van der Waals surface area contributed by atoms with E-state index in [1.54, 1.807) is 24.3 Å². The van der Waals surface area contributed by atoms with Gasteiger partial charge in [-0.25, -0.2) is 14.8 Å². The third kappa shape index (κ3) is 7.86. The lowest BCUT2D eigenvalue weighted by atomic mass is 10.0. The number of rotatable bonds is 14. The lowest BCUT2D eigenvalue weighted by Crippen LogP contribution is -2.46. The van der Waals surface area contributed by atoms with Gasteiger partial charge in [0.2, 0.25) is 0 Å². The van der Waals surface area contributed by atoms with Gasteiger partial charge in [-0.3, -0.25) is 0 Å². The highest BCUT2D eigenvalue weighted by Gasteiger charge is 2.30. The molecule has 0 spiro atoms. The molecule has 0 fully saturated rings. The van der Waals surface area contributed by atoms with Gasteiger partial charge in [-0.05, 0) is 69.7 Å². The lowest BCUT2D eigenvalue weighted by Gasteiger charge is -2.30. The first-order chi connectivity index (χ1) is 19.1. The molecule has 0 aliphatic heterocycles. The Morgan fingerprint density at radius 3 is 2.70 bits per heavy atom. The number of urea groups is 1. The van der Waals surface area contributed by atoms with E-state index < -0.39 is 30.7 Å². The average molecular weight is 558 g/mol. The first-order valence-corrected chi connectivity index (χ1v) is 13.5. The van der Waals surface area contributed by atoms with Crippen molar-refractivity contribution in [3.8, 4) is 17.0 Å². The van der Waals surface area contributed by atoms with Gasteiger partial charge in [-0.2, -0.15) is 13.2 Å². The SMILES string of the molecule is C=CCCCc1cc(-c2nc([C@@H](C)N(CC)C(=O)N[C@H](CC=C)CCC(F)(F)F)ccc2OC)cn2ccnc12. The molecular weight excluding hydrogens is 519 g/mol. The highest BCUT2D eigenvalue weighted by atomic mass is 19.4. The number of nitrogens with one attached hydrogen (secondary N) is 1. The molecule has 2 amide bonds. The van der Waals surface area contributed by atoms with E-state index in [1.165, 1.54) is 6.08 Å². The zero-order chi connectivity index (χ0) is 29.3. The Morgan fingerprint density at radius 2 is 2.05 bits per heavy atom. The molecule has 1 N–H and O–H groups in total. The Bertz CT molecular complexity index is 1300. The van der Waals surface area contributed by atoms with Crippen molar-refractivity contribution >= 4 is 11.7 Å². The summed E-state index contributed by atoms with van der Waals surface area (Å²) < 4.78 is 46.0. The molecule has 3 heterocycles. The largest absolute Gasteiger partial charge is 0.494 e. The second-order valence-corrected chi connectivity index (χ2v) is 9.67. The maximum atomic E-state index is 13.2. The van der Waals surface area contributed by atoms with Gasteiger partial charge in [0.15, 0.2) is 0 Å². The number of fused-ring (bicyclic) bond motifs is 1. The Kier molecular flexibility index (Phi) is 10.8. The zero-order valence-corrected chi connectivity index (χ0v) is 23.4. The number of pyridine rings is 2. The molecule has 0 bridgehead atoms. The third-order valence-corrected chi connectivity index (χ3v) is 6.84. The number of halogens is 3. The summed E-state index contributed by atoms with van der Waals surface area (Å²) in [5.74, 6) is 0.582. The van der Waals surface area contributed by atoms with E-state index in [2.05, 4.69) is 29.5 Å². The first kappa shape index (κ1) is 30.7. The van der Waals surface area contributed by atoms with Crippen molar-refractivity contribution < 1.29 is 22.7 Å². The molecule has 0 aliphatic carbocycles. The van der Waals surface area contributed by atoms with Gasteiger partial charge in [-0.1, -0.05) is 12.2 Å². The van der Waals surface area contributed by atoms with Gasteiger partial charge < -0.3 is 19.4 Å². The number of carbonyl (C=O) groups excluding carboxylic acids is 1. The van der Waals surface area contributed by atoms with E-state index in [0.29, 0.717) is 23.7 Å². The molecule has 0 saturated heterocycles. The number of nitrogens with zero attached hydrogens (tertiary/aromatic N) is 4. The summed E-state index contributed by atoms with van der Waals surface area (Å²) >= 11 is 0. The highest BCUT2D eigenvalue weighted by molar-refractivity contribution is 5.75. The standard InChI is InChI=1S/C30H38F3N5O2/c1-6-9-10-12-22-19-23(20-37-18-17-34-28(22)37)27-26(40-5)14-13-25(36-27)21(4)38(8-3)29(39)35-24(11-7-2)15-16-30(31,32)33/h6-7,13-14,17-21,24H,1-2,8-12,15-16H2,3-5H3,(H,35,39)/t21-,24-/m1/s1. The van der Waals surface area contributed by atoms with Crippen LogP contribution in [0.5, 0.6) is 5.75 Å². The maximum Gasteiger partial charge on any atom is 0.389 e. The fourth-order valence-corrected chi connectivity index (χ4v) is 4.72. The minimum atomic E-state index is -4.30. The summed E-state index contributed by atoms with van der Waals surface area (Å²) in [5, 5.41) is 2.76. The number of methoxy groups -OCH3 is 1. The van der Waals surface area contributed by atoms with Gasteiger partial charge in [0.25, 0.3) is 0 Å². The normalized spacial score (nSPS) is 13.1. The topological polar surface area (TPSA) is 71.8 Å². The van der Waals surface area contributed by atoms with Crippen molar-refractivity contribution in [2.45, 2.75) is 70.6 Å². The van der Waals surface area contributed by atoms with Crippen LogP contribution >= 0.6 is 0 Å². The first-order valence-electron chi connectivity index (χ1n) is 13.5. The van der Waals surface area contributed by atoms with E-state index in [4.69, 9.17) is 9.72 Å². The fourth-order valence-electron chi connectivity index (χ4n) is 4.72. The van der Waals surface area contributed by atoms with Crippen molar-refractivity contribution in [3.63, 3.8) is 0 Å². The van der Waals surface area contributed by atoms with Crippen LogP contribution in [0.4, 0.5) is 18.0 Å². The van der Waals surface area contributed by atoms with E-state index >= 15 is 0 Å². The summed E-state index contributed by atoms with van der Waals surface area (Å²) in [6, 6.07) is 4.11. The Morgan fingerprint density at radius 1 is 1.27 bits per heavy atom. The molecular formula is C30H38F3N5O2. The van der Waals surface area contributed by atoms with Crippen LogP contribution in [0.3, 0.4) is 0 Å². The number of unbranched alkanes of at least 4 members (excludes halogenated alkanes) is 1. The summed E-state index contributed by atoms with van der Waals surface area (Å²) in [6.07, 6.45) is 6.40. The number of aryl methyl sites for hydroxylation is 1. The van der Waals surface area contributed by atoms with Crippen molar-refractivity contribution in [3.05, 3.63) is 73.4 Å².